The number of rotatable bonds is 3. The lowest BCUT2D eigenvalue weighted by Gasteiger charge is -2.32. The van der Waals surface area contributed by atoms with Gasteiger partial charge in [0.1, 0.15) is 0 Å². The summed E-state index contributed by atoms with van der Waals surface area (Å²) in [4.78, 5) is 0. The first-order chi connectivity index (χ1) is 5.79. The SMILES string of the molecule is CCC(CO)[C@H]1CCCCC1O. The van der Waals surface area contributed by atoms with Gasteiger partial charge in [-0.1, -0.05) is 26.2 Å². The van der Waals surface area contributed by atoms with Crippen LogP contribution in [-0.4, -0.2) is 22.9 Å². The van der Waals surface area contributed by atoms with Crippen molar-refractivity contribution in [1.82, 2.24) is 0 Å². The van der Waals surface area contributed by atoms with E-state index >= 15 is 0 Å². The lowest BCUT2D eigenvalue weighted by molar-refractivity contribution is 0.0168. The van der Waals surface area contributed by atoms with Gasteiger partial charge >= 0.3 is 0 Å². The Morgan fingerprint density at radius 3 is 2.50 bits per heavy atom. The van der Waals surface area contributed by atoms with Crippen LogP contribution in [-0.2, 0) is 0 Å². The van der Waals surface area contributed by atoms with E-state index in [1.54, 1.807) is 0 Å². The summed E-state index contributed by atoms with van der Waals surface area (Å²) in [5, 5.41) is 18.8. The molecule has 12 heavy (non-hydrogen) atoms. The lowest BCUT2D eigenvalue weighted by atomic mass is 9.77. The topological polar surface area (TPSA) is 40.5 Å². The van der Waals surface area contributed by atoms with Crippen molar-refractivity contribution in [3.8, 4) is 0 Å². The van der Waals surface area contributed by atoms with Crippen molar-refractivity contribution in [2.24, 2.45) is 11.8 Å². The minimum atomic E-state index is -0.157. The third-order valence-electron chi connectivity index (χ3n) is 3.15. The normalized spacial score (nSPS) is 33.2. The minimum absolute atomic E-state index is 0.157. The van der Waals surface area contributed by atoms with Crippen molar-refractivity contribution < 1.29 is 10.2 Å². The van der Waals surface area contributed by atoms with E-state index in [1.807, 2.05) is 0 Å². The van der Waals surface area contributed by atoms with E-state index in [0.717, 1.165) is 25.7 Å². The molecule has 1 aliphatic rings. The fraction of sp³-hybridized carbons (Fsp3) is 1.00. The highest BCUT2D eigenvalue weighted by atomic mass is 16.3. The van der Waals surface area contributed by atoms with Crippen LogP contribution >= 0.6 is 0 Å². The highest BCUT2D eigenvalue weighted by Gasteiger charge is 2.28. The molecule has 0 amide bonds. The first-order valence-electron chi connectivity index (χ1n) is 5.08. The monoisotopic (exact) mass is 172 g/mol. The molecular formula is C10H20O2. The highest BCUT2D eigenvalue weighted by molar-refractivity contribution is 4.79. The van der Waals surface area contributed by atoms with E-state index in [-0.39, 0.29) is 12.7 Å². The molecule has 0 aromatic heterocycles. The van der Waals surface area contributed by atoms with Gasteiger partial charge in [-0.05, 0) is 24.7 Å². The Hall–Kier alpha value is -0.0800. The van der Waals surface area contributed by atoms with Gasteiger partial charge in [-0.3, -0.25) is 0 Å². The van der Waals surface area contributed by atoms with Crippen LogP contribution in [0, 0.1) is 11.8 Å². The molecule has 1 saturated carbocycles. The average molecular weight is 172 g/mol. The molecule has 2 nitrogen and oxygen atoms in total. The maximum absolute atomic E-state index is 9.69. The summed E-state index contributed by atoms with van der Waals surface area (Å²) in [7, 11) is 0. The van der Waals surface area contributed by atoms with Gasteiger partial charge in [0.15, 0.2) is 0 Å². The van der Waals surface area contributed by atoms with Crippen LogP contribution < -0.4 is 0 Å². The van der Waals surface area contributed by atoms with Crippen LogP contribution in [0.4, 0.5) is 0 Å². The molecule has 0 aromatic carbocycles. The molecule has 2 N–H and O–H groups in total. The summed E-state index contributed by atoms with van der Waals surface area (Å²) >= 11 is 0. The Bertz CT molecular complexity index is 121. The van der Waals surface area contributed by atoms with Crippen molar-refractivity contribution in [3.05, 3.63) is 0 Å². The molecule has 0 aliphatic heterocycles. The summed E-state index contributed by atoms with van der Waals surface area (Å²) < 4.78 is 0. The molecule has 3 atom stereocenters. The third-order valence-corrected chi connectivity index (χ3v) is 3.15. The number of hydrogen-bond acceptors (Lipinski definition) is 2. The molecule has 0 heterocycles. The molecule has 72 valence electrons. The standard InChI is InChI=1S/C10H20O2/c1-2-8(7-11)9-5-3-4-6-10(9)12/h8-12H,2-7H2,1H3/t8?,9-,10?/m1/s1. The molecule has 0 saturated heterocycles. The van der Waals surface area contributed by atoms with Gasteiger partial charge in [0, 0.05) is 6.61 Å². The van der Waals surface area contributed by atoms with Crippen molar-refractivity contribution in [2.45, 2.75) is 45.1 Å². The van der Waals surface area contributed by atoms with E-state index in [4.69, 9.17) is 5.11 Å². The van der Waals surface area contributed by atoms with Gasteiger partial charge in [-0.2, -0.15) is 0 Å². The highest BCUT2D eigenvalue weighted by Crippen LogP contribution is 2.31. The lowest BCUT2D eigenvalue weighted by Crippen LogP contribution is -2.32. The Balaban J connectivity index is 2.45. The Kier molecular flexibility index (Phi) is 4.02. The zero-order valence-electron chi connectivity index (χ0n) is 7.87. The van der Waals surface area contributed by atoms with Crippen LogP contribution in [0.15, 0.2) is 0 Å². The zero-order chi connectivity index (χ0) is 8.97. The Morgan fingerprint density at radius 1 is 1.33 bits per heavy atom. The van der Waals surface area contributed by atoms with E-state index in [1.165, 1.54) is 6.42 Å². The van der Waals surface area contributed by atoms with Crippen molar-refractivity contribution in [1.29, 1.82) is 0 Å². The van der Waals surface area contributed by atoms with E-state index in [9.17, 15) is 5.11 Å². The first-order valence-corrected chi connectivity index (χ1v) is 5.08. The summed E-state index contributed by atoms with van der Waals surface area (Å²) in [5.41, 5.74) is 0. The molecule has 0 spiro atoms. The second kappa shape index (κ2) is 4.83. The molecular weight excluding hydrogens is 152 g/mol. The molecule has 1 rings (SSSR count). The zero-order valence-corrected chi connectivity index (χ0v) is 7.87. The van der Waals surface area contributed by atoms with Crippen LogP contribution in [0.1, 0.15) is 39.0 Å². The quantitative estimate of drug-likeness (QED) is 0.678. The maximum atomic E-state index is 9.69. The second-order valence-electron chi connectivity index (χ2n) is 3.87. The fourth-order valence-corrected chi connectivity index (χ4v) is 2.26. The smallest absolute Gasteiger partial charge is 0.0571 e. The predicted octanol–water partition coefficient (Wildman–Crippen LogP) is 1.56. The van der Waals surface area contributed by atoms with Crippen molar-refractivity contribution in [2.75, 3.05) is 6.61 Å². The molecule has 2 unspecified atom stereocenters. The summed E-state index contributed by atoms with van der Waals surface area (Å²) in [6, 6.07) is 0. The predicted molar refractivity (Wildman–Crippen MR) is 48.8 cm³/mol. The molecule has 2 heteroatoms. The van der Waals surface area contributed by atoms with E-state index < -0.39 is 0 Å². The molecule has 0 aromatic rings. The number of aliphatic hydroxyl groups is 2. The second-order valence-corrected chi connectivity index (χ2v) is 3.87. The maximum Gasteiger partial charge on any atom is 0.0571 e. The molecule has 1 fully saturated rings. The minimum Gasteiger partial charge on any atom is -0.396 e. The number of aliphatic hydroxyl groups excluding tert-OH is 2. The van der Waals surface area contributed by atoms with Crippen LogP contribution in [0.2, 0.25) is 0 Å². The Labute approximate surface area is 74.6 Å². The van der Waals surface area contributed by atoms with Gasteiger partial charge in [0.2, 0.25) is 0 Å². The third kappa shape index (κ3) is 2.20. The van der Waals surface area contributed by atoms with Gasteiger partial charge in [-0.15, -0.1) is 0 Å². The fourth-order valence-electron chi connectivity index (χ4n) is 2.26. The summed E-state index contributed by atoms with van der Waals surface area (Å²) in [6.45, 7) is 2.32. The largest absolute Gasteiger partial charge is 0.396 e. The molecule has 1 aliphatic carbocycles. The van der Waals surface area contributed by atoms with Gasteiger partial charge < -0.3 is 10.2 Å². The summed E-state index contributed by atoms with van der Waals surface area (Å²) in [5.74, 6) is 0.675. The van der Waals surface area contributed by atoms with Crippen molar-refractivity contribution in [3.63, 3.8) is 0 Å². The van der Waals surface area contributed by atoms with Crippen LogP contribution in [0.3, 0.4) is 0 Å². The first kappa shape index (κ1) is 10.0. The van der Waals surface area contributed by atoms with Crippen molar-refractivity contribution >= 4 is 0 Å². The average Bonchev–Trinajstić information content (AvgIpc) is 2.10. The van der Waals surface area contributed by atoms with E-state index in [2.05, 4.69) is 6.92 Å². The molecule has 0 radical (unpaired) electrons. The van der Waals surface area contributed by atoms with Crippen LogP contribution in [0.25, 0.3) is 0 Å². The number of hydrogen-bond donors (Lipinski definition) is 2. The molecule has 0 bridgehead atoms. The Morgan fingerprint density at radius 2 is 2.00 bits per heavy atom. The summed E-state index contributed by atoms with van der Waals surface area (Å²) in [6.07, 6.45) is 5.23. The van der Waals surface area contributed by atoms with Gasteiger partial charge in [-0.25, -0.2) is 0 Å². The van der Waals surface area contributed by atoms with Gasteiger partial charge in [0.05, 0.1) is 6.10 Å². The van der Waals surface area contributed by atoms with Crippen LogP contribution in [0.5, 0.6) is 0 Å². The van der Waals surface area contributed by atoms with E-state index in [0.29, 0.717) is 11.8 Å². The van der Waals surface area contributed by atoms with Gasteiger partial charge in [0.25, 0.3) is 0 Å².